The first kappa shape index (κ1) is 27.2. The number of oxazole rings is 1. The highest BCUT2D eigenvalue weighted by Crippen LogP contribution is 2.27. The maximum absolute atomic E-state index is 12.7. The number of thioether (sulfide) groups is 1. The van der Waals surface area contributed by atoms with Crippen LogP contribution in [0.3, 0.4) is 0 Å². The highest BCUT2D eigenvalue weighted by atomic mass is 32.2. The average Bonchev–Trinajstić information content (AvgIpc) is 3.63. The molecule has 40 heavy (non-hydrogen) atoms. The molecule has 0 radical (unpaired) electrons. The Hall–Kier alpha value is -4.37. The van der Waals surface area contributed by atoms with Gasteiger partial charge in [-0.05, 0) is 55.2 Å². The van der Waals surface area contributed by atoms with E-state index in [1.807, 2.05) is 72.2 Å². The number of carbonyl (C=O) groups is 1. The summed E-state index contributed by atoms with van der Waals surface area (Å²) in [5, 5.41) is 12.7. The van der Waals surface area contributed by atoms with Gasteiger partial charge in [0.05, 0.1) is 12.9 Å². The van der Waals surface area contributed by atoms with Crippen LogP contribution >= 0.6 is 11.8 Å². The number of nitrogens with zero attached hydrogens (tertiary/aromatic N) is 4. The molecule has 5 rings (SSSR count). The summed E-state index contributed by atoms with van der Waals surface area (Å²) in [6.45, 7) is 2.00. The lowest BCUT2D eigenvalue weighted by atomic mass is 10.1. The molecule has 0 bridgehead atoms. The molecule has 8 nitrogen and oxygen atoms in total. The second-order valence-electron chi connectivity index (χ2n) is 9.41. The first-order valence-corrected chi connectivity index (χ1v) is 14.1. The maximum atomic E-state index is 12.7. The third-order valence-corrected chi connectivity index (χ3v) is 7.35. The van der Waals surface area contributed by atoms with Crippen molar-refractivity contribution in [3.05, 3.63) is 120 Å². The van der Waals surface area contributed by atoms with Gasteiger partial charge in [0.25, 0.3) is 5.91 Å². The number of methoxy groups -OCH3 is 1. The van der Waals surface area contributed by atoms with Gasteiger partial charge < -0.3 is 14.5 Å². The lowest BCUT2D eigenvalue weighted by Crippen LogP contribution is -2.33. The number of rotatable bonds is 12. The van der Waals surface area contributed by atoms with E-state index in [-0.39, 0.29) is 17.6 Å². The maximum Gasteiger partial charge on any atom is 0.273 e. The van der Waals surface area contributed by atoms with E-state index in [9.17, 15) is 4.79 Å². The van der Waals surface area contributed by atoms with Crippen LogP contribution in [-0.4, -0.2) is 38.8 Å². The molecule has 0 spiro atoms. The normalized spacial score (nSPS) is 11.8. The van der Waals surface area contributed by atoms with Gasteiger partial charge in [-0.25, -0.2) is 4.98 Å². The molecule has 5 aromatic rings. The standard InChI is InChI=1S/C31H31N5O3S/c1-22(13-14-23-9-5-3-6-10-23)32-30(37)27-20-39-29(33-27)21-40-31-35-34-28(19-24-11-7-4-8-12-24)36(31)25-15-17-26(38-2)18-16-25/h3-12,15-18,20,22H,13-14,19,21H2,1-2H3,(H,32,37). The van der Waals surface area contributed by atoms with Crippen molar-refractivity contribution < 1.29 is 13.9 Å². The molecule has 1 atom stereocenters. The second-order valence-corrected chi connectivity index (χ2v) is 10.4. The third-order valence-electron chi connectivity index (χ3n) is 6.43. The summed E-state index contributed by atoms with van der Waals surface area (Å²) < 4.78 is 13.0. The Morgan fingerprint density at radius 1 is 0.975 bits per heavy atom. The molecule has 1 amide bonds. The van der Waals surface area contributed by atoms with Crippen molar-refractivity contribution in [1.82, 2.24) is 25.1 Å². The zero-order valence-electron chi connectivity index (χ0n) is 22.5. The Bertz CT molecular complexity index is 1520. The minimum atomic E-state index is -0.243. The quantitative estimate of drug-likeness (QED) is 0.192. The fourth-order valence-electron chi connectivity index (χ4n) is 4.28. The van der Waals surface area contributed by atoms with E-state index in [0.717, 1.165) is 35.7 Å². The molecule has 1 N–H and O–H groups in total. The summed E-state index contributed by atoms with van der Waals surface area (Å²) in [7, 11) is 1.65. The number of hydrogen-bond donors (Lipinski definition) is 1. The number of carbonyl (C=O) groups excluding carboxylic acids is 1. The van der Waals surface area contributed by atoms with Gasteiger partial charge in [0.15, 0.2) is 10.9 Å². The van der Waals surface area contributed by atoms with E-state index >= 15 is 0 Å². The Kier molecular flexibility index (Phi) is 8.93. The van der Waals surface area contributed by atoms with Crippen molar-refractivity contribution in [2.24, 2.45) is 0 Å². The van der Waals surface area contributed by atoms with Crippen molar-refractivity contribution in [1.29, 1.82) is 0 Å². The minimum Gasteiger partial charge on any atom is -0.497 e. The van der Waals surface area contributed by atoms with Gasteiger partial charge in [-0.1, -0.05) is 72.4 Å². The number of amides is 1. The number of hydrogen-bond acceptors (Lipinski definition) is 7. The number of nitrogens with one attached hydrogen (secondary N) is 1. The molecule has 204 valence electrons. The predicted octanol–water partition coefficient (Wildman–Crippen LogP) is 5.90. The van der Waals surface area contributed by atoms with Gasteiger partial charge >= 0.3 is 0 Å². The van der Waals surface area contributed by atoms with Crippen molar-refractivity contribution in [3.63, 3.8) is 0 Å². The van der Waals surface area contributed by atoms with Crippen LogP contribution in [0.2, 0.25) is 0 Å². The molecule has 0 fully saturated rings. The summed E-state index contributed by atoms with van der Waals surface area (Å²) in [4.78, 5) is 17.2. The zero-order chi connectivity index (χ0) is 27.7. The van der Waals surface area contributed by atoms with Crippen molar-refractivity contribution in [2.45, 2.75) is 43.1 Å². The van der Waals surface area contributed by atoms with Gasteiger partial charge in [-0.2, -0.15) is 0 Å². The van der Waals surface area contributed by atoms with E-state index in [4.69, 9.17) is 9.15 Å². The largest absolute Gasteiger partial charge is 0.497 e. The van der Waals surface area contributed by atoms with Crippen LogP contribution in [0.5, 0.6) is 5.75 Å². The Morgan fingerprint density at radius 2 is 1.68 bits per heavy atom. The molecule has 0 aliphatic heterocycles. The highest BCUT2D eigenvalue weighted by molar-refractivity contribution is 7.98. The highest BCUT2D eigenvalue weighted by Gasteiger charge is 2.18. The molecule has 1 unspecified atom stereocenters. The smallest absolute Gasteiger partial charge is 0.273 e. The molecular formula is C31H31N5O3S. The lowest BCUT2D eigenvalue weighted by molar-refractivity contribution is 0.0933. The molecule has 0 saturated carbocycles. The van der Waals surface area contributed by atoms with Crippen LogP contribution in [0.15, 0.2) is 101 Å². The first-order valence-electron chi connectivity index (χ1n) is 13.1. The van der Waals surface area contributed by atoms with Crippen LogP contribution < -0.4 is 10.1 Å². The first-order chi connectivity index (χ1) is 19.6. The molecule has 3 aromatic carbocycles. The lowest BCUT2D eigenvalue weighted by Gasteiger charge is -2.12. The van der Waals surface area contributed by atoms with E-state index in [0.29, 0.717) is 23.2 Å². The molecule has 2 aromatic heterocycles. The summed E-state index contributed by atoms with van der Waals surface area (Å²) in [5.74, 6) is 2.19. The van der Waals surface area contributed by atoms with E-state index < -0.39 is 0 Å². The van der Waals surface area contributed by atoms with Gasteiger partial charge in [-0.15, -0.1) is 10.2 Å². The van der Waals surface area contributed by atoms with Crippen LogP contribution in [0.1, 0.15) is 46.7 Å². The molecule has 0 saturated heterocycles. The molecule has 9 heteroatoms. The number of aryl methyl sites for hydroxylation is 1. The van der Waals surface area contributed by atoms with Crippen LogP contribution in [-0.2, 0) is 18.6 Å². The van der Waals surface area contributed by atoms with Gasteiger partial charge in [0, 0.05) is 18.2 Å². The second kappa shape index (κ2) is 13.1. The predicted molar refractivity (Wildman–Crippen MR) is 155 cm³/mol. The average molecular weight is 554 g/mol. The fourth-order valence-corrected chi connectivity index (χ4v) is 5.11. The number of aromatic nitrogens is 4. The Labute approximate surface area is 237 Å². The van der Waals surface area contributed by atoms with Crippen LogP contribution in [0.25, 0.3) is 5.69 Å². The van der Waals surface area contributed by atoms with E-state index in [1.54, 1.807) is 7.11 Å². The number of benzene rings is 3. The van der Waals surface area contributed by atoms with E-state index in [2.05, 4.69) is 44.8 Å². The van der Waals surface area contributed by atoms with Gasteiger partial charge in [0.2, 0.25) is 5.89 Å². The summed E-state index contributed by atoms with van der Waals surface area (Å²) in [5.41, 5.74) is 3.58. The topological polar surface area (TPSA) is 95.1 Å². The molecular weight excluding hydrogens is 522 g/mol. The minimum absolute atomic E-state index is 0.00770. The monoisotopic (exact) mass is 553 g/mol. The van der Waals surface area contributed by atoms with Crippen molar-refractivity contribution >= 4 is 17.7 Å². The number of ether oxygens (including phenoxy) is 1. The Morgan fingerprint density at radius 3 is 2.38 bits per heavy atom. The van der Waals surface area contributed by atoms with Gasteiger partial charge in [0.1, 0.15) is 17.8 Å². The SMILES string of the molecule is COc1ccc(-n2c(Cc3ccccc3)nnc2SCc2nc(C(=O)NC(C)CCc3ccccc3)co2)cc1. The fraction of sp³-hybridized carbons (Fsp3) is 0.226. The summed E-state index contributed by atoms with van der Waals surface area (Å²) in [6, 6.07) is 28.2. The summed E-state index contributed by atoms with van der Waals surface area (Å²) in [6.07, 6.45) is 3.77. The van der Waals surface area contributed by atoms with Crippen LogP contribution in [0, 0.1) is 0 Å². The van der Waals surface area contributed by atoms with Gasteiger partial charge in [-0.3, -0.25) is 9.36 Å². The van der Waals surface area contributed by atoms with Crippen molar-refractivity contribution in [3.8, 4) is 11.4 Å². The van der Waals surface area contributed by atoms with Crippen LogP contribution in [0.4, 0.5) is 0 Å². The molecule has 0 aliphatic rings. The third kappa shape index (κ3) is 6.98. The van der Waals surface area contributed by atoms with E-state index in [1.165, 1.54) is 23.6 Å². The summed E-state index contributed by atoms with van der Waals surface area (Å²) >= 11 is 1.45. The van der Waals surface area contributed by atoms with Crippen molar-refractivity contribution in [2.75, 3.05) is 7.11 Å². The Balaban J connectivity index is 1.24. The molecule has 2 heterocycles. The zero-order valence-corrected chi connectivity index (χ0v) is 23.3. The molecule has 0 aliphatic carbocycles.